The number of hydrogen-bond acceptors (Lipinski definition) is 4. The van der Waals surface area contributed by atoms with Gasteiger partial charge in [0.1, 0.15) is 11.8 Å². The quantitative estimate of drug-likeness (QED) is 0.675. The highest BCUT2D eigenvalue weighted by Crippen LogP contribution is 2.24. The lowest BCUT2D eigenvalue weighted by molar-refractivity contribution is -0.151. The Bertz CT molecular complexity index is 825. The van der Waals surface area contributed by atoms with Gasteiger partial charge in [0, 0.05) is 37.4 Å². The summed E-state index contributed by atoms with van der Waals surface area (Å²) in [5.41, 5.74) is 0.914. The Morgan fingerprint density at radius 1 is 1.14 bits per heavy atom. The summed E-state index contributed by atoms with van der Waals surface area (Å²) >= 11 is 0. The summed E-state index contributed by atoms with van der Waals surface area (Å²) in [6.07, 6.45) is 3.61. The van der Waals surface area contributed by atoms with Gasteiger partial charge in [0.05, 0.1) is 12.0 Å². The highest BCUT2D eigenvalue weighted by molar-refractivity contribution is 5.91. The van der Waals surface area contributed by atoms with Gasteiger partial charge in [-0.15, -0.1) is 0 Å². The van der Waals surface area contributed by atoms with E-state index in [-0.39, 0.29) is 24.5 Å². The van der Waals surface area contributed by atoms with Crippen molar-refractivity contribution in [3.63, 3.8) is 0 Å². The lowest BCUT2D eigenvalue weighted by atomic mass is 9.82. The molecule has 156 valence electrons. The Balaban J connectivity index is 2.25. The number of aliphatic carboxylic acids is 1. The molecule has 0 unspecified atom stereocenters. The van der Waals surface area contributed by atoms with Gasteiger partial charge in [0.15, 0.2) is 0 Å². The average molecular weight is 399 g/mol. The van der Waals surface area contributed by atoms with Crippen LogP contribution in [0.2, 0.25) is 0 Å². The predicted molar refractivity (Wildman–Crippen MR) is 109 cm³/mol. The number of carboxylic acids is 1. The molecule has 0 aliphatic heterocycles. The number of nitrogens with zero attached hydrogens (tertiary/aromatic N) is 2. The first-order valence-corrected chi connectivity index (χ1v) is 9.64. The van der Waals surface area contributed by atoms with Gasteiger partial charge in [-0.1, -0.05) is 51.1 Å². The molecule has 0 fully saturated rings. The molecular formula is C22H29N3O4. The van der Waals surface area contributed by atoms with E-state index in [1.165, 1.54) is 18.3 Å². The molecule has 1 aromatic heterocycles. The van der Waals surface area contributed by atoms with Crippen LogP contribution in [0, 0.1) is 11.3 Å². The molecule has 0 aliphatic rings. The number of hydrogen-bond donors (Lipinski definition) is 2. The SMILES string of the molecule is CN(C(=O)[C@@H](CC(=O)C(C)(C)C)Cc1ccccc1)[C@@H](Cc1c[nH]cn1)C(=O)O. The molecule has 7 nitrogen and oxygen atoms in total. The van der Waals surface area contributed by atoms with Gasteiger partial charge in [-0.3, -0.25) is 9.59 Å². The molecule has 0 aliphatic carbocycles. The van der Waals surface area contributed by atoms with E-state index < -0.39 is 23.3 Å². The van der Waals surface area contributed by atoms with Crippen molar-refractivity contribution in [3.05, 3.63) is 54.1 Å². The summed E-state index contributed by atoms with van der Waals surface area (Å²) in [5, 5.41) is 9.68. The monoisotopic (exact) mass is 399 g/mol. The summed E-state index contributed by atoms with van der Waals surface area (Å²) in [7, 11) is 1.48. The molecule has 1 heterocycles. The van der Waals surface area contributed by atoms with Crippen LogP contribution in [-0.4, -0.2) is 50.7 Å². The molecular weight excluding hydrogens is 370 g/mol. The van der Waals surface area contributed by atoms with Crippen LogP contribution in [0.5, 0.6) is 0 Å². The number of carboxylic acid groups (broad SMARTS) is 1. The first kappa shape index (κ1) is 22.3. The van der Waals surface area contributed by atoms with E-state index in [2.05, 4.69) is 9.97 Å². The van der Waals surface area contributed by atoms with E-state index >= 15 is 0 Å². The first-order chi connectivity index (χ1) is 13.6. The van der Waals surface area contributed by atoms with Crippen molar-refractivity contribution in [1.29, 1.82) is 0 Å². The maximum absolute atomic E-state index is 13.3. The summed E-state index contributed by atoms with van der Waals surface area (Å²) in [6, 6.07) is 8.39. The molecule has 2 atom stereocenters. The van der Waals surface area contributed by atoms with E-state index in [0.717, 1.165) is 5.56 Å². The first-order valence-electron chi connectivity index (χ1n) is 9.64. The minimum Gasteiger partial charge on any atom is -0.480 e. The zero-order chi connectivity index (χ0) is 21.6. The van der Waals surface area contributed by atoms with Gasteiger partial charge >= 0.3 is 5.97 Å². The zero-order valence-corrected chi connectivity index (χ0v) is 17.4. The number of imidazole rings is 1. The minimum absolute atomic E-state index is 0.0284. The van der Waals surface area contributed by atoms with Gasteiger partial charge in [0.25, 0.3) is 0 Å². The zero-order valence-electron chi connectivity index (χ0n) is 17.4. The number of likely N-dealkylation sites (N-methyl/N-ethyl adjacent to an activating group) is 1. The number of aromatic nitrogens is 2. The molecule has 0 saturated heterocycles. The normalized spacial score (nSPS) is 13.5. The fourth-order valence-corrected chi connectivity index (χ4v) is 3.11. The highest BCUT2D eigenvalue weighted by Gasteiger charge is 2.34. The Hall–Kier alpha value is -2.96. The van der Waals surface area contributed by atoms with Crippen LogP contribution in [0.1, 0.15) is 38.4 Å². The van der Waals surface area contributed by atoms with Crippen LogP contribution >= 0.6 is 0 Å². The molecule has 7 heteroatoms. The molecule has 0 spiro atoms. The molecule has 2 rings (SSSR count). The average Bonchev–Trinajstić information content (AvgIpc) is 3.17. The third-order valence-electron chi connectivity index (χ3n) is 5.00. The second-order valence-electron chi connectivity index (χ2n) is 8.33. The molecule has 0 bridgehead atoms. The molecule has 0 saturated carbocycles. The maximum Gasteiger partial charge on any atom is 0.326 e. The third-order valence-corrected chi connectivity index (χ3v) is 5.00. The smallest absolute Gasteiger partial charge is 0.326 e. The fourth-order valence-electron chi connectivity index (χ4n) is 3.11. The van der Waals surface area contributed by atoms with Crippen molar-refractivity contribution in [2.24, 2.45) is 11.3 Å². The molecule has 0 radical (unpaired) electrons. The molecule has 2 N–H and O–H groups in total. The van der Waals surface area contributed by atoms with Gasteiger partial charge in [-0.2, -0.15) is 0 Å². The van der Waals surface area contributed by atoms with Gasteiger partial charge in [-0.05, 0) is 12.0 Å². The minimum atomic E-state index is -1.11. The second-order valence-corrected chi connectivity index (χ2v) is 8.33. The Morgan fingerprint density at radius 2 is 1.79 bits per heavy atom. The van der Waals surface area contributed by atoms with Gasteiger partial charge < -0.3 is 15.0 Å². The van der Waals surface area contributed by atoms with Crippen LogP contribution < -0.4 is 0 Å². The number of amides is 1. The number of nitrogens with one attached hydrogen (secondary N) is 1. The number of aromatic amines is 1. The summed E-state index contributed by atoms with van der Waals surface area (Å²) in [4.78, 5) is 45.8. The number of carbonyl (C=O) groups is 3. The summed E-state index contributed by atoms with van der Waals surface area (Å²) < 4.78 is 0. The van der Waals surface area contributed by atoms with Crippen LogP contribution in [0.25, 0.3) is 0 Å². The standard InChI is InChI=1S/C22H29N3O4/c1-22(2,3)19(26)11-16(10-15-8-6-5-7-9-15)20(27)25(4)18(21(28)29)12-17-13-23-14-24-17/h5-9,13-14,16,18H,10-12H2,1-4H3,(H,23,24)(H,28,29)/t16-,18+/m1/s1. The lowest BCUT2D eigenvalue weighted by Crippen LogP contribution is -2.47. The van der Waals surface area contributed by atoms with Crippen LogP contribution in [0.3, 0.4) is 0 Å². The van der Waals surface area contributed by atoms with E-state index in [4.69, 9.17) is 0 Å². The van der Waals surface area contributed by atoms with Crippen LogP contribution in [0.4, 0.5) is 0 Å². The molecule has 1 amide bonds. The summed E-state index contributed by atoms with van der Waals surface area (Å²) in [5.74, 6) is -2.12. The second kappa shape index (κ2) is 9.49. The van der Waals surface area contributed by atoms with E-state index in [1.807, 2.05) is 51.1 Å². The van der Waals surface area contributed by atoms with Crippen LogP contribution in [0.15, 0.2) is 42.9 Å². The van der Waals surface area contributed by atoms with Crippen molar-refractivity contribution in [3.8, 4) is 0 Å². The predicted octanol–water partition coefficient (Wildman–Crippen LogP) is 2.73. The largest absolute Gasteiger partial charge is 0.480 e. The Labute approximate surface area is 171 Å². The van der Waals surface area contributed by atoms with Crippen molar-refractivity contribution in [1.82, 2.24) is 14.9 Å². The van der Waals surface area contributed by atoms with E-state index in [1.54, 1.807) is 6.20 Å². The number of carbonyl (C=O) groups excluding carboxylic acids is 2. The number of rotatable bonds is 9. The summed E-state index contributed by atoms with van der Waals surface area (Å²) in [6.45, 7) is 5.46. The van der Waals surface area contributed by atoms with Crippen molar-refractivity contribution >= 4 is 17.7 Å². The maximum atomic E-state index is 13.3. The third kappa shape index (κ3) is 6.27. The van der Waals surface area contributed by atoms with Crippen LogP contribution in [-0.2, 0) is 27.2 Å². The van der Waals surface area contributed by atoms with Crippen molar-refractivity contribution < 1.29 is 19.5 Å². The number of ketones is 1. The lowest BCUT2D eigenvalue weighted by Gasteiger charge is -2.29. The van der Waals surface area contributed by atoms with Gasteiger partial charge in [0.2, 0.25) is 5.91 Å². The van der Waals surface area contributed by atoms with Gasteiger partial charge in [-0.25, -0.2) is 9.78 Å². The molecule has 29 heavy (non-hydrogen) atoms. The fraction of sp³-hybridized carbons (Fsp3) is 0.455. The molecule has 2 aromatic rings. The number of Topliss-reactive ketones (excluding diaryl/α,β-unsaturated/α-hetero) is 1. The van der Waals surface area contributed by atoms with Crippen molar-refractivity contribution in [2.45, 2.75) is 46.1 Å². The number of benzene rings is 1. The Kier molecular flexibility index (Phi) is 7.31. The van der Waals surface area contributed by atoms with E-state index in [0.29, 0.717) is 12.1 Å². The van der Waals surface area contributed by atoms with E-state index in [9.17, 15) is 19.5 Å². The number of H-pyrrole nitrogens is 1. The highest BCUT2D eigenvalue weighted by atomic mass is 16.4. The Morgan fingerprint density at radius 3 is 2.31 bits per heavy atom. The van der Waals surface area contributed by atoms with Crippen molar-refractivity contribution in [2.75, 3.05) is 7.05 Å². The molecule has 1 aromatic carbocycles. The topological polar surface area (TPSA) is 103 Å².